The lowest BCUT2D eigenvalue weighted by Gasteiger charge is -2.05. The quantitative estimate of drug-likeness (QED) is 0.777. The highest BCUT2D eigenvalue weighted by molar-refractivity contribution is 5.79. The first kappa shape index (κ1) is 11.5. The van der Waals surface area contributed by atoms with Gasteiger partial charge in [0, 0.05) is 24.7 Å². The summed E-state index contributed by atoms with van der Waals surface area (Å²) in [7, 11) is 1.81. The summed E-state index contributed by atoms with van der Waals surface area (Å²) in [6.45, 7) is 0.400. The highest BCUT2D eigenvalue weighted by atomic mass is 16.5. The van der Waals surface area contributed by atoms with Gasteiger partial charge in [-0.25, -0.2) is 0 Å². The Morgan fingerprint density at radius 1 is 1.26 bits per heavy atom. The average Bonchev–Trinajstić information content (AvgIpc) is 2.75. The molecule has 0 saturated heterocycles. The molecular formula is C14H14N4O. The van der Waals surface area contributed by atoms with Crippen molar-refractivity contribution in [3.63, 3.8) is 0 Å². The molecule has 0 fully saturated rings. The molecule has 5 heteroatoms. The Labute approximate surface area is 110 Å². The van der Waals surface area contributed by atoms with Gasteiger partial charge in [-0.1, -0.05) is 6.07 Å². The van der Waals surface area contributed by atoms with Crippen molar-refractivity contribution >= 4 is 16.7 Å². The van der Waals surface area contributed by atoms with Gasteiger partial charge in [-0.2, -0.15) is 5.10 Å². The molecule has 3 rings (SSSR count). The van der Waals surface area contributed by atoms with Gasteiger partial charge in [-0.3, -0.25) is 9.67 Å². The smallest absolute Gasteiger partial charge is 0.132 e. The van der Waals surface area contributed by atoms with E-state index in [2.05, 4.69) is 10.1 Å². The van der Waals surface area contributed by atoms with Crippen molar-refractivity contribution in [3.05, 3.63) is 48.3 Å². The first-order chi connectivity index (χ1) is 9.22. The molecule has 1 aromatic carbocycles. The van der Waals surface area contributed by atoms with Gasteiger partial charge in [0.2, 0.25) is 0 Å². The van der Waals surface area contributed by atoms with Crippen LogP contribution in [0.5, 0.6) is 5.75 Å². The summed E-state index contributed by atoms with van der Waals surface area (Å²) >= 11 is 0. The lowest BCUT2D eigenvalue weighted by molar-refractivity contribution is 0.300. The monoisotopic (exact) mass is 254 g/mol. The van der Waals surface area contributed by atoms with E-state index < -0.39 is 0 Å². The van der Waals surface area contributed by atoms with Gasteiger partial charge in [-0.05, 0) is 24.3 Å². The number of hydrogen-bond donors (Lipinski definition) is 1. The molecular weight excluding hydrogens is 240 g/mol. The van der Waals surface area contributed by atoms with Gasteiger partial charge in [-0.15, -0.1) is 0 Å². The van der Waals surface area contributed by atoms with Crippen LogP contribution in [0.4, 0.5) is 5.82 Å². The fourth-order valence-electron chi connectivity index (χ4n) is 1.91. The van der Waals surface area contributed by atoms with Crippen LogP contribution in [-0.4, -0.2) is 14.8 Å². The second-order valence-electron chi connectivity index (χ2n) is 4.33. The van der Waals surface area contributed by atoms with Crippen LogP contribution in [0, 0.1) is 0 Å². The van der Waals surface area contributed by atoms with Gasteiger partial charge < -0.3 is 10.5 Å². The summed E-state index contributed by atoms with van der Waals surface area (Å²) in [5.41, 5.74) is 7.49. The molecule has 5 nitrogen and oxygen atoms in total. The maximum atomic E-state index is 5.72. The molecule has 0 saturated carbocycles. The minimum Gasteiger partial charge on any atom is -0.487 e. The predicted octanol–water partition coefficient (Wildman–Crippen LogP) is 2.13. The SMILES string of the molecule is Cn1nc(COc2ccc3ncccc3c2)cc1N. The normalized spacial score (nSPS) is 10.8. The molecule has 96 valence electrons. The summed E-state index contributed by atoms with van der Waals surface area (Å²) in [5, 5.41) is 5.30. The number of hydrogen-bond acceptors (Lipinski definition) is 4. The van der Waals surface area contributed by atoms with Crippen molar-refractivity contribution in [2.45, 2.75) is 6.61 Å². The lowest BCUT2D eigenvalue weighted by Crippen LogP contribution is -1.99. The molecule has 2 aromatic heterocycles. The third-order valence-electron chi connectivity index (χ3n) is 2.93. The zero-order chi connectivity index (χ0) is 13.2. The molecule has 0 aliphatic carbocycles. The number of aromatic nitrogens is 3. The number of ether oxygens (including phenoxy) is 1. The van der Waals surface area contributed by atoms with E-state index in [0.717, 1.165) is 22.3 Å². The lowest BCUT2D eigenvalue weighted by atomic mass is 10.2. The van der Waals surface area contributed by atoms with E-state index in [-0.39, 0.29) is 0 Å². The summed E-state index contributed by atoms with van der Waals surface area (Å²) in [5.74, 6) is 1.42. The largest absolute Gasteiger partial charge is 0.487 e. The molecule has 0 atom stereocenters. The van der Waals surface area contributed by atoms with Gasteiger partial charge in [0.05, 0.1) is 5.52 Å². The minimum absolute atomic E-state index is 0.400. The van der Waals surface area contributed by atoms with E-state index >= 15 is 0 Å². The standard InChI is InChI=1S/C14H14N4O/c1-18-14(15)8-11(17-18)9-19-12-4-5-13-10(7-12)3-2-6-16-13/h2-8H,9,15H2,1H3. The topological polar surface area (TPSA) is 66.0 Å². The Bertz CT molecular complexity index is 701. The first-order valence-corrected chi connectivity index (χ1v) is 5.98. The number of nitrogen functional groups attached to an aromatic ring is 1. The highest BCUT2D eigenvalue weighted by Gasteiger charge is 2.03. The van der Waals surface area contributed by atoms with Crippen LogP contribution in [0.25, 0.3) is 10.9 Å². The molecule has 0 aliphatic heterocycles. The molecule has 0 spiro atoms. The number of rotatable bonds is 3. The van der Waals surface area contributed by atoms with Crippen molar-refractivity contribution in [3.8, 4) is 5.75 Å². The Morgan fingerprint density at radius 2 is 2.16 bits per heavy atom. The number of fused-ring (bicyclic) bond motifs is 1. The van der Waals surface area contributed by atoms with Crippen molar-refractivity contribution in [1.82, 2.24) is 14.8 Å². The zero-order valence-electron chi connectivity index (χ0n) is 10.6. The Hall–Kier alpha value is -2.56. The first-order valence-electron chi connectivity index (χ1n) is 5.98. The van der Waals surface area contributed by atoms with Crippen LogP contribution in [0.1, 0.15) is 5.69 Å². The Morgan fingerprint density at radius 3 is 2.95 bits per heavy atom. The third kappa shape index (κ3) is 2.35. The van der Waals surface area contributed by atoms with Crippen LogP contribution < -0.4 is 10.5 Å². The number of anilines is 1. The second-order valence-corrected chi connectivity index (χ2v) is 4.33. The Kier molecular flexibility index (Phi) is 2.79. The molecule has 19 heavy (non-hydrogen) atoms. The van der Waals surface area contributed by atoms with Crippen LogP contribution >= 0.6 is 0 Å². The molecule has 0 unspecified atom stereocenters. The van der Waals surface area contributed by atoms with Gasteiger partial charge in [0.15, 0.2) is 0 Å². The van der Waals surface area contributed by atoms with E-state index in [9.17, 15) is 0 Å². The van der Waals surface area contributed by atoms with E-state index in [1.807, 2.05) is 36.4 Å². The molecule has 2 N–H and O–H groups in total. The van der Waals surface area contributed by atoms with E-state index in [4.69, 9.17) is 10.5 Å². The van der Waals surface area contributed by atoms with E-state index in [0.29, 0.717) is 12.4 Å². The number of pyridine rings is 1. The average molecular weight is 254 g/mol. The fraction of sp³-hybridized carbons (Fsp3) is 0.143. The van der Waals surface area contributed by atoms with Gasteiger partial charge in [0.25, 0.3) is 0 Å². The number of aryl methyl sites for hydroxylation is 1. The molecule has 3 aromatic rings. The number of benzene rings is 1. The van der Waals surface area contributed by atoms with Crippen molar-refractivity contribution in [1.29, 1.82) is 0 Å². The van der Waals surface area contributed by atoms with Crippen LogP contribution in [0.15, 0.2) is 42.6 Å². The van der Waals surface area contributed by atoms with E-state index in [1.165, 1.54) is 0 Å². The maximum absolute atomic E-state index is 5.72. The summed E-state index contributed by atoms with van der Waals surface area (Å²) < 4.78 is 7.34. The summed E-state index contributed by atoms with van der Waals surface area (Å²) in [4.78, 5) is 4.27. The third-order valence-corrected chi connectivity index (χ3v) is 2.93. The molecule has 0 amide bonds. The summed E-state index contributed by atoms with van der Waals surface area (Å²) in [6, 6.07) is 11.5. The van der Waals surface area contributed by atoms with Gasteiger partial charge >= 0.3 is 0 Å². The predicted molar refractivity (Wildman–Crippen MR) is 73.7 cm³/mol. The molecule has 0 aliphatic rings. The molecule has 2 heterocycles. The minimum atomic E-state index is 0.400. The maximum Gasteiger partial charge on any atom is 0.132 e. The van der Waals surface area contributed by atoms with Crippen LogP contribution in [-0.2, 0) is 13.7 Å². The van der Waals surface area contributed by atoms with Crippen molar-refractivity contribution < 1.29 is 4.74 Å². The molecule has 0 radical (unpaired) electrons. The summed E-state index contributed by atoms with van der Waals surface area (Å²) in [6.07, 6.45) is 1.78. The fourth-order valence-corrected chi connectivity index (χ4v) is 1.91. The van der Waals surface area contributed by atoms with Crippen LogP contribution in [0.2, 0.25) is 0 Å². The Balaban J connectivity index is 1.78. The number of nitrogens with two attached hydrogens (primary N) is 1. The molecule has 0 bridgehead atoms. The number of nitrogens with zero attached hydrogens (tertiary/aromatic N) is 3. The van der Waals surface area contributed by atoms with Crippen molar-refractivity contribution in [2.75, 3.05) is 5.73 Å². The van der Waals surface area contributed by atoms with Gasteiger partial charge in [0.1, 0.15) is 23.9 Å². The van der Waals surface area contributed by atoms with Crippen LogP contribution in [0.3, 0.4) is 0 Å². The second kappa shape index (κ2) is 4.61. The zero-order valence-corrected chi connectivity index (χ0v) is 10.6. The van der Waals surface area contributed by atoms with E-state index in [1.54, 1.807) is 17.9 Å². The van der Waals surface area contributed by atoms with Crippen molar-refractivity contribution in [2.24, 2.45) is 7.05 Å². The highest BCUT2D eigenvalue weighted by Crippen LogP contribution is 2.20.